The number of hydrogen-bond donors (Lipinski definition) is 2. The van der Waals surface area contributed by atoms with Crippen molar-refractivity contribution in [1.82, 2.24) is 24.8 Å². The zero-order chi connectivity index (χ0) is 27.9. The lowest BCUT2D eigenvalue weighted by Gasteiger charge is -2.26. The first-order chi connectivity index (χ1) is 20.0. The number of benzene rings is 3. The normalized spacial score (nSPS) is 15.9. The zero-order valence-electron chi connectivity index (χ0n) is 23.4. The standard InChI is InChI=1S/C32H33N7O2/c1-20-4-3-5-23-18-33-32(37-28(20)23)34-24-16-26(29-27(17-24)35-30(36-29)22-8-9-22)31(40)38(2)25-10-6-21(7-11-25)19-39-12-14-41-15-13-39/h3-7,10-11,16-18,22H,8-9,12-15,19H2,1-2H3,(H,35,36)(H,33,34,37). The first-order valence-electron chi connectivity index (χ1n) is 14.2. The molecule has 1 amide bonds. The smallest absolute Gasteiger partial charge is 0.260 e. The fourth-order valence-electron chi connectivity index (χ4n) is 5.46. The molecule has 5 aromatic rings. The zero-order valence-corrected chi connectivity index (χ0v) is 23.4. The number of anilines is 3. The van der Waals surface area contributed by atoms with Crippen LogP contribution in [0.1, 0.15) is 46.1 Å². The minimum Gasteiger partial charge on any atom is -0.379 e. The Labute approximate surface area is 238 Å². The van der Waals surface area contributed by atoms with Crippen molar-refractivity contribution in [3.05, 3.63) is 83.3 Å². The van der Waals surface area contributed by atoms with Crippen LogP contribution in [-0.4, -0.2) is 64.1 Å². The van der Waals surface area contributed by atoms with Gasteiger partial charge in [0.1, 0.15) is 11.3 Å². The summed E-state index contributed by atoms with van der Waals surface area (Å²) in [5.41, 5.74) is 6.81. The lowest BCUT2D eigenvalue weighted by atomic mass is 10.1. The Kier molecular flexibility index (Phi) is 6.60. The fourth-order valence-corrected chi connectivity index (χ4v) is 5.46. The van der Waals surface area contributed by atoms with E-state index in [-0.39, 0.29) is 5.91 Å². The van der Waals surface area contributed by atoms with Crippen molar-refractivity contribution < 1.29 is 9.53 Å². The Morgan fingerprint density at radius 1 is 1.07 bits per heavy atom. The molecule has 1 aliphatic heterocycles. The number of aryl methyl sites for hydroxylation is 1. The van der Waals surface area contributed by atoms with E-state index < -0.39 is 0 Å². The number of H-pyrrole nitrogens is 1. The van der Waals surface area contributed by atoms with Crippen LogP contribution in [0.4, 0.5) is 17.3 Å². The van der Waals surface area contributed by atoms with Gasteiger partial charge < -0.3 is 19.9 Å². The predicted octanol–water partition coefficient (Wildman–Crippen LogP) is 5.54. The molecule has 41 heavy (non-hydrogen) atoms. The first-order valence-corrected chi connectivity index (χ1v) is 14.2. The molecule has 2 N–H and O–H groups in total. The molecular formula is C32H33N7O2. The van der Waals surface area contributed by atoms with Crippen molar-refractivity contribution in [1.29, 1.82) is 0 Å². The molecule has 208 valence electrons. The summed E-state index contributed by atoms with van der Waals surface area (Å²) in [6.07, 6.45) is 4.06. The summed E-state index contributed by atoms with van der Waals surface area (Å²) in [5, 5.41) is 4.32. The number of amides is 1. The van der Waals surface area contributed by atoms with Gasteiger partial charge in [0, 0.05) is 55.6 Å². The van der Waals surface area contributed by atoms with E-state index in [0.717, 1.165) is 84.9 Å². The third-order valence-electron chi connectivity index (χ3n) is 8.01. The van der Waals surface area contributed by atoms with Gasteiger partial charge >= 0.3 is 0 Å². The molecule has 2 aliphatic rings. The van der Waals surface area contributed by atoms with Crippen molar-refractivity contribution in [3.8, 4) is 0 Å². The van der Waals surface area contributed by atoms with Crippen LogP contribution in [0.5, 0.6) is 0 Å². The van der Waals surface area contributed by atoms with Crippen LogP contribution in [0.15, 0.2) is 60.8 Å². The van der Waals surface area contributed by atoms with Gasteiger partial charge in [0.05, 0.1) is 29.8 Å². The van der Waals surface area contributed by atoms with Gasteiger partial charge in [-0.2, -0.15) is 0 Å². The molecule has 2 aromatic heterocycles. The summed E-state index contributed by atoms with van der Waals surface area (Å²) in [7, 11) is 1.81. The maximum Gasteiger partial charge on any atom is 0.260 e. The largest absolute Gasteiger partial charge is 0.379 e. The second-order valence-corrected chi connectivity index (χ2v) is 11.1. The molecule has 9 heteroatoms. The molecule has 0 atom stereocenters. The highest BCUT2D eigenvalue weighted by Gasteiger charge is 2.28. The molecule has 3 aromatic carbocycles. The third kappa shape index (κ3) is 5.26. The molecule has 9 nitrogen and oxygen atoms in total. The summed E-state index contributed by atoms with van der Waals surface area (Å²) < 4.78 is 5.46. The Hall–Kier alpha value is -4.34. The number of imidazole rings is 1. The van der Waals surface area contributed by atoms with E-state index >= 15 is 0 Å². The number of nitrogens with one attached hydrogen (secondary N) is 2. The highest BCUT2D eigenvalue weighted by atomic mass is 16.5. The SMILES string of the molecule is Cc1cccc2cnc(Nc3cc(C(=O)N(C)c4ccc(CN5CCOCC5)cc4)c4nc(C5CC5)[nH]c4c3)nc12. The second kappa shape index (κ2) is 10.6. The summed E-state index contributed by atoms with van der Waals surface area (Å²) in [4.78, 5) is 35.7. The Balaban J connectivity index is 1.19. The van der Waals surface area contributed by atoms with E-state index in [9.17, 15) is 4.79 Å². The molecule has 0 spiro atoms. The number of aromatic nitrogens is 4. The van der Waals surface area contributed by atoms with E-state index in [2.05, 4.69) is 32.3 Å². The number of nitrogens with zero attached hydrogens (tertiary/aromatic N) is 5. The van der Waals surface area contributed by atoms with Crippen molar-refractivity contribution in [2.75, 3.05) is 43.6 Å². The molecule has 7 rings (SSSR count). The molecule has 1 saturated heterocycles. The van der Waals surface area contributed by atoms with Crippen molar-refractivity contribution >= 4 is 45.2 Å². The maximum absolute atomic E-state index is 14.0. The van der Waals surface area contributed by atoms with E-state index in [1.54, 1.807) is 4.90 Å². The third-order valence-corrected chi connectivity index (χ3v) is 8.01. The minimum atomic E-state index is -0.122. The lowest BCUT2D eigenvalue weighted by molar-refractivity contribution is 0.0342. The van der Waals surface area contributed by atoms with E-state index in [4.69, 9.17) is 14.7 Å². The highest BCUT2D eigenvalue weighted by Crippen LogP contribution is 2.40. The quantitative estimate of drug-likeness (QED) is 0.276. The van der Waals surface area contributed by atoms with E-state index in [1.807, 2.05) is 62.6 Å². The molecule has 0 bridgehead atoms. The van der Waals surface area contributed by atoms with Gasteiger partial charge in [-0.25, -0.2) is 15.0 Å². The predicted molar refractivity (Wildman–Crippen MR) is 161 cm³/mol. The van der Waals surface area contributed by atoms with Crippen LogP contribution in [0.25, 0.3) is 21.9 Å². The summed E-state index contributed by atoms with van der Waals surface area (Å²) in [6.45, 7) is 6.36. The Morgan fingerprint density at radius 3 is 2.66 bits per heavy atom. The van der Waals surface area contributed by atoms with Crippen molar-refractivity contribution in [3.63, 3.8) is 0 Å². The number of ether oxygens (including phenoxy) is 1. The van der Waals surface area contributed by atoms with Gasteiger partial charge in [-0.15, -0.1) is 0 Å². The van der Waals surface area contributed by atoms with Gasteiger partial charge in [0.25, 0.3) is 5.91 Å². The first kappa shape index (κ1) is 25.6. The summed E-state index contributed by atoms with van der Waals surface area (Å²) in [6, 6.07) is 18.1. The molecule has 1 saturated carbocycles. The average molecular weight is 548 g/mol. The van der Waals surface area contributed by atoms with Crippen LogP contribution < -0.4 is 10.2 Å². The Bertz CT molecular complexity index is 1740. The number of carbonyl (C=O) groups excluding carboxylic acids is 1. The highest BCUT2D eigenvalue weighted by molar-refractivity contribution is 6.13. The molecular weight excluding hydrogens is 514 g/mol. The van der Waals surface area contributed by atoms with Crippen LogP contribution in [-0.2, 0) is 11.3 Å². The number of fused-ring (bicyclic) bond motifs is 2. The number of rotatable bonds is 7. The van der Waals surface area contributed by atoms with Gasteiger partial charge in [-0.1, -0.05) is 30.3 Å². The van der Waals surface area contributed by atoms with Crippen LogP contribution in [0, 0.1) is 6.92 Å². The van der Waals surface area contributed by atoms with Gasteiger partial charge in [-0.05, 0) is 55.2 Å². The molecule has 0 radical (unpaired) electrons. The Morgan fingerprint density at radius 2 is 1.88 bits per heavy atom. The topological polar surface area (TPSA) is 99.3 Å². The van der Waals surface area contributed by atoms with E-state index in [1.165, 1.54) is 5.56 Å². The number of para-hydroxylation sites is 1. The fraction of sp³-hybridized carbons (Fsp3) is 0.312. The van der Waals surface area contributed by atoms with Crippen LogP contribution in [0.2, 0.25) is 0 Å². The molecule has 2 fully saturated rings. The van der Waals surface area contributed by atoms with Crippen molar-refractivity contribution in [2.45, 2.75) is 32.2 Å². The molecule has 0 unspecified atom stereocenters. The van der Waals surface area contributed by atoms with Crippen LogP contribution >= 0.6 is 0 Å². The second-order valence-electron chi connectivity index (χ2n) is 11.1. The lowest BCUT2D eigenvalue weighted by Crippen LogP contribution is -2.35. The van der Waals surface area contributed by atoms with Gasteiger partial charge in [0.2, 0.25) is 5.95 Å². The summed E-state index contributed by atoms with van der Waals surface area (Å²) >= 11 is 0. The van der Waals surface area contributed by atoms with E-state index in [0.29, 0.717) is 22.9 Å². The number of aromatic amines is 1. The molecule has 3 heterocycles. The number of morpholine rings is 1. The van der Waals surface area contributed by atoms with Gasteiger partial charge in [-0.3, -0.25) is 9.69 Å². The average Bonchev–Trinajstić information content (AvgIpc) is 3.76. The number of hydrogen-bond acceptors (Lipinski definition) is 7. The van der Waals surface area contributed by atoms with Gasteiger partial charge in [0.15, 0.2) is 0 Å². The number of carbonyl (C=O) groups is 1. The maximum atomic E-state index is 14.0. The summed E-state index contributed by atoms with van der Waals surface area (Å²) in [5.74, 6) is 1.74. The minimum absolute atomic E-state index is 0.122. The monoisotopic (exact) mass is 547 g/mol. The molecule has 1 aliphatic carbocycles. The van der Waals surface area contributed by atoms with Crippen LogP contribution in [0.3, 0.4) is 0 Å². The van der Waals surface area contributed by atoms with Crippen molar-refractivity contribution in [2.24, 2.45) is 0 Å².